The lowest BCUT2D eigenvalue weighted by Gasteiger charge is -2.04. The van der Waals surface area contributed by atoms with Crippen molar-refractivity contribution in [1.29, 1.82) is 0 Å². The van der Waals surface area contributed by atoms with Crippen LogP contribution in [0, 0.1) is 0 Å². The van der Waals surface area contributed by atoms with E-state index in [4.69, 9.17) is 10.5 Å². The van der Waals surface area contributed by atoms with Gasteiger partial charge in [-0.15, -0.1) is 0 Å². The van der Waals surface area contributed by atoms with Crippen molar-refractivity contribution in [2.24, 2.45) is 0 Å². The summed E-state index contributed by atoms with van der Waals surface area (Å²) in [6.07, 6.45) is 4.46. The summed E-state index contributed by atoms with van der Waals surface area (Å²) in [6, 6.07) is 3.50. The molecule has 3 aromatic rings. The van der Waals surface area contributed by atoms with Crippen LogP contribution in [0.15, 0.2) is 31.0 Å². The van der Waals surface area contributed by atoms with Crippen LogP contribution < -0.4 is 10.5 Å². The average molecular weight is 270 g/mol. The molecule has 2 N–H and O–H groups in total. The maximum atomic E-state index is 5.69. The second kappa shape index (κ2) is 4.88. The molecule has 0 fully saturated rings. The van der Waals surface area contributed by atoms with Gasteiger partial charge in [-0.3, -0.25) is 0 Å². The molecule has 0 aromatic carbocycles. The van der Waals surface area contributed by atoms with E-state index in [9.17, 15) is 0 Å². The Hall–Kier alpha value is -3.10. The van der Waals surface area contributed by atoms with E-state index in [1.807, 2.05) is 0 Å². The van der Waals surface area contributed by atoms with Gasteiger partial charge >= 0.3 is 0 Å². The van der Waals surface area contributed by atoms with Crippen LogP contribution in [0.25, 0.3) is 17.3 Å². The lowest BCUT2D eigenvalue weighted by atomic mass is 10.3. The molecule has 3 aromatic heterocycles. The number of ether oxygens (including phenoxy) is 1. The van der Waals surface area contributed by atoms with Crippen LogP contribution in [0.5, 0.6) is 5.88 Å². The summed E-state index contributed by atoms with van der Waals surface area (Å²) in [5, 5.41) is 3.95. The number of hydrogen-bond donors (Lipinski definition) is 1. The molecule has 0 saturated carbocycles. The summed E-state index contributed by atoms with van der Waals surface area (Å²) in [6.45, 7) is 0. The highest BCUT2D eigenvalue weighted by Gasteiger charge is 2.09. The molecule has 3 heterocycles. The molecular weight excluding hydrogens is 260 g/mol. The molecule has 20 heavy (non-hydrogen) atoms. The Morgan fingerprint density at radius 1 is 1.20 bits per heavy atom. The third kappa shape index (κ3) is 2.23. The Labute approximate surface area is 113 Å². The maximum Gasteiger partial charge on any atom is 0.257 e. The van der Waals surface area contributed by atoms with Gasteiger partial charge in [0.2, 0.25) is 11.8 Å². The molecule has 100 valence electrons. The summed E-state index contributed by atoms with van der Waals surface area (Å²) in [5.41, 5.74) is 6.39. The van der Waals surface area contributed by atoms with Crippen molar-refractivity contribution < 1.29 is 4.74 Å². The average Bonchev–Trinajstić information content (AvgIpc) is 3.01. The number of nitrogens with zero attached hydrogens (tertiary/aromatic N) is 7. The van der Waals surface area contributed by atoms with Crippen molar-refractivity contribution in [2.45, 2.75) is 0 Å². The summed E-state index contributed by atoms with van der Waals surface area (Å²) in [7, 11) is 1.55. The van der Waals surface area contributed by atoms with E-state index in [0.29, 0.717) is 23.2 Å². The Morgan fingerprint density at radius 3 is 2.75 bits per heavy atom. The molecule has 0 unspecified atom stereocenters. The van der Waals surface area contributed by atoms with Crippen molar-refractivity contribution >= 4 is 5.95 Å². The third-order valence-electron chi connectivity index (χ3n) is 2.47. The van der Waals surface area contributed by atoms with Gasteiger partial charge in [0, 0.05) is 17.8 Å². The first kappa shape index (κ1) is 12.0. The van der Waals surface area contributed by atoms with Gasteiger partial charge in [-0.05, 0) is 6.07 Å². The molecule has 0 aliphatic heterocycles. The van der Waals surface area contributed by atoms with Gasteiger partial charge in [0.25, 0.3) is 5.95 Å². The molecule has 0 spiro atoms. The first-order valence-electron chi connectivity index (χ1n) is 5.63. The van der Waals surface area contributed by atoms with Crippen LogP contribution in [-0.2, 0) is 0 Å². The second-order valence-corrected chi connectivity index (χ2v) is 3.75. The molecule has 0 aliphatic rings. The van der Waals surface area contributed by atoms with E-state index in [0.717, 1.165) is 0 Å². The standard InChI is InChI=1S/C11H10N8O/c1-20-8-3-2-7(4-14-8)9-16-10(12)18-11(17-9)19-6-13-5-15-19/h2-6H,1H3,(H2,12,16,17,18). The van der Waals surface area contributed by atoms with Gasteiger partial charge in [0.1, 0.15) is 12.7 Å². The first-order valence-corrected chi connectivity index (χ1v) is 5.63. The highest BCUT2D eigenvalue weighted by Crippen LogP contribution is 2.17. The second-order valence-electron chi connectivity index (χ2n) is 3.75. The predicted octanol–water partition coefficient (Wildman–Crippen LogP) is 0.105. The van der Waals surface area contributed by atoms with E-state index in [2.05, 4.69) is 30.0 Å². The fourth-order valence-electron chi connectivity index (χ4n) is 1.56. The van der Waals surface area contributed by atoms with Crippen molar-refractivity contribution in [3.8, 4) is 23.2 Å². The van der Waals surface area contributed by atoms with Crippen LogP contribution in [-0.4, -0.2) is 41.8 Å². The monoisotopic (exact) mass is 270 g/mol. The minimum absolute atomic E-state index is 0.0938. The molecule has 0 bridgehead atoms. The zero-order chi connectivity index (χ0) is 13.9. The van der Waals surface area contributed by atoms with Crippen LogP contribution in [0.3, 0.4) is 0 Å². The summed E-state index contributed by atoms with van der Waals surface area (Å²) in [5.74, 6) is 1.29. The highest BCUT2D eigenvalue weighted by atomic mass is 16.5. The lowest BCUT2D eigenvalue weighted by molar-refractivity contribution is 0.398. The zero-order valence-corrected chi connectivity index (χ0v) is 10.5. The number of methoxy groups -OCH3 is 1. The molecule has 0 aliphatic carbocycles. The van der Waals surface area contributed by atoms with Gasteiger partial charge in [-0.2, -0.15) is 24.7 Å². The minimum atomic E-state index is 0.0938. The molecule has 9 heteroatoms. The van der Waals surface area contributed by atoms with E-state index in [1.165, 1.54) is 17.3 Å². The van der Waals surface area contributed by atoms with E-state index >= 15 is 0 Å². The van der Waals surface area contributed by atoms with Gasteiger partial charge in [0.05, 0.1) is 7.11 Å². The Kier molecular flexibility index (Phi) is 2.92. The van der Waals surface area contributed by atoms with E-state index < -0.39 is 0 Å². The fraction of sp³-hybridized carbons (Fsp3) is 0.0909. The maximum absolute atomic E-state index is 5.69. The Morgan fingerprint density at radius 2 is 2.10 bits per heavy atom. The minimum Gasteiger partial charge on any atom is -0.481 e. The Bertz CT molecular complexity index is 710. The quantitative estimate of drug-likeness (QED) is 0.712. The summed E-state index contributed by atoms with van der Waals surface area (Å²) >= 11 is 0. The molecule has 0 atom stereocenters. The van der Waals surface area contributed by atoms with Crippen LogP contribution >= 0.6 is 0 Å². The number of pyridine rings is 1. The van der Waals surface area contributed by atoms with Gasteiger partial charge in [-0.25, -0.2) is 9.97 Å². The number of nitrogens with two attached hydrogens (primary N) is 1. The molecule has 0 saturated heterocycles. The van der Waals surface area contributed by atoms with Gasteiger partial charge in [0.15, 0.2) is 5.82 Å². The highest BCUT2D eigenvalue weighted by molar-refractivity contribution is 5.55. The van der Waals surface area contributed by atoms with Crippen molar-refractivity contribution in [3.63, 3.8) is 0 Å². The van der Waals surface area contributed by atoms with Gasteiger partial charge < -0.3 is 10.5 Å². The van der Waals surface area contributed by atoms with Crippen molar-refractivity contribution in [3.05, 3.63) is 31.0 Å². The van der Waals surface area contributed by atoms with Crippen molar-refractivity contribution in [2.75, 3.05) is 12.8 Å². The fourth-order valence-corrected chi connectivity index (χ4v) is 1.56. The topological polar surface area (TPSA) is 118 Å². The van der Waals surface area contributed by atoms with Crippen LogP contribution in [0.1, 0.15) is 0 Å². The van der Waals surface area contributed by atoms with Crippen LogP contribution in [0.2, 0.25) is 0 Å². The van der Waals surface area contributed by atoms with Crippen molar-refractivity contribution in [1.82, 2.24) is 34.7 Å². The van der Waals surface area contributed by atoms with Gasteiger partial charge in [-0.1, -0.05) is 0 Å². The van der Waals surface area contributed by atoms with E-state index in [-0.39, 0.29) is 5.95 Å². The number of anilines is 1. The van der Waals surface area contributed by atoms with Crippen LogP contribution in [0.4, 0.5) is 5.95 Å². The zero-order valence-electron chi connectivity index (χ0n) is 10.5. The number of nitrogen functional groups attached to an aromatic ring is 1. The largest absolute Gasteiger partial charge is 0.481 e. The molecule has 0 amide bonds. The third-order valence-corrected chi connectivity index (χ3v) is 2.47. The molecule has 9 nitrogen and oxygen atoms in total. The predicted molar refractivity (Wildman–Crippen MR) is 68.9 cm³/mol. The SMILES string of the molecule is COc1ccc(-c2nc(N)nc(-n3cncn3)n2)cn1. The summed E-state index contributed by atoms with van der Waals surface area (Å²) in [4.78, 5) is 20.3. The summed E-state index contributed by atoms with van der Waals surface area (Å²) < 4.78 is 6.40. The number of hydrogen-bond acceptors (Lipinski definition) is 8. The first-order chi connectivity index (χ1) is 9.76. The molecule has 0 radical (unpaired) electrons. The Balaban J connectivity index is 2.04. The molecular formula is C11H10N8O. The number of rotatable bonds is 3. The lowest BCUT2D eigenvalue weighted by Crippen LogP contribution is -2.08. The number of aromatic nitrogens is 7. The normalized spacial score (nSPS) is 10.4. The van der Waals surface area contributed by atoms with E-state index in [1.54, 1.807) is 25.4 Å². The molecule has 3 rings (SSSR count). The smallest absolute Gasteiger partial charge is 0.257 e.